The lowest BCUT2D eigenvalue weighted by Crippen LogP contribution is -2.18. The molecule has 1 aromatic carbocycles. The van der Waals surface area contributed by atoms with Gasteiger partial charge in [-0.2, -0.15) is 0 Å². The van der Waals surface area contributed by atoms with Gasteiger partial charge >= 0.3 is 5.97 Å². The molecule has 0 amide bonds. The Balaban J connectivity index is 2.39. The number of hydrogen-bond donors (Lipinski definition) is 1. The van der Waals surface area contributed by atoms with E-state index in [-0.39, 0.29) is 5.69 Å². The minimum absolute atomic E-state index is 0.0527. The highest BCUT2D eigenvalue weighted by Crippen LogP contribution is 2.23. The van der Waals surface area contributed by atoms with Crippen LogP contribution in [0.3, 0.4) is 0 Å². The molecule has 5 nitrogen and oxygen atoms in total. The van der Waals surface area contributed by atoms with Gasteiger partial charge in [-0.1, -0.05) is 17.7 Å². The molecule has 5 heteroatoms. The average Bonchev–Trinajstić information content (AvgIpc) is 2.42. The van der Waals surface area contributed by atoms with Gasteiger partial charge in [0.05, 0.1) is 12.4 Å². The van der Waals surface area contributed by atoms with E-state index in [0.717, 1.165) is 5.69 Å². The summed E-state index contributed by atoms with van der Waals surface area (Å²) in [6.45, 7) is 4.68. The van der Waals surface area contributed by atoms with E-state index in [1.54, 1.807) is 6.20 Å². The van der Waals surface area contributed by atoms with Gasteiger partial charge in [-0.05, 0) is 26.0 Å². The summed E-state index contributed by atoms with van der Waals surface area (Å²) in [5.74, 6) is -0.541. The van der Waals surface area contributed by atoms with Gasteiger partial charge < -0.3 is 10.0 Å². The maximum Gasteiger partial charge on any atom is 0.356 e. The monoisotopic (exact) mass is 257 g/mol. The molecular formula is C14H15N3O2. The molecule has 1 N–H and O–H groups in total. The van der Waals surface area contributed by atoms with Crippen LogP contribution in [0.25, 0.3) is 0 Å². The van der Waals surface area contributed by atoms with Crippen molar-refractivity contribution in [1.82, 2.24) is 9.97 Å². The Labute approximate surface area is 111 Å². The Morgan fingerprint density at radius 1 is 1.26 bits per heavy atom. The number of aryl methyl sites for hydroxylation is 1. The summed E-state index contributed by atoms with van der Waals surface area (Å²) in [5.41, 5.74) is 2.08. The van der Waals surface area contributed by atoms with Crippen LogP contribution in [0.15, 0.2) is 36.7 Å². The van der Waals surface area contributed by atoms with E-state index in [1.807, 2.05) is 43.0 Å². The number of aromatic carboxylic acids is 1. The molecule has 2 rings (SSSR count). The molecule has 0 aliphatic carbocycles. The summed E-state index contributed by atoms with van der Waals surface area (Å²) in [4.78, 5) is 20.9. The maximum atomic E-state index is 10.9. The largest absolute Gasteiger partial charge is 0.476 e. The van der Waals surface area contributed by atoms with Crippen molar-refractivity contribution in [2.45, 2.75) is 13.8 Å². The number of benzene rings is 1. The lowest BCUT2D eigenvalue weighted by Gasteiger charge is -2.22. The zero-order valence-corrected chi connectivity index (χ0v) is 10.9. The molecule has 98 valence electrons. The molecule has 0 saturated carbocycles. The molecule has 0 saturated heterocycles. The lowest BCUT2D eigenvalue weighted by molar-refractivity contribution is 0.0690. The Morgan fingerprint density at radius 2 is 1.95 bits per heavy atom. The predicted molar refractivity (Wildman–Crippen MR) is 72.9 cm³/mol. The topological polar surface area (TPSA) is 66.3 Å². The number of hydrogen-bond acceptors (Lipinski definition) is 4. The second kappa shape index (κ2) is 5.48. The fourth-order valence-corrected chi connectivity index (χ4v) is 1.79. The SMILES string of the molecule is CCN(c1ccc(C)cc1)c1cncc(C(=O)O)n1. The van der Waals surface area contributed by atoms with Crippen molar-refractivity contribution in [3.63, 3.8) is 0 Å². The molecule has 0 spiro atoms. The summed E-state index contributed by atoms with van der Waals surface area (Å²) >= 11 is 0. The molecule has 0 aliphatic heterocycles. The molecule has 0 bridgehead atoms. The Hall–Kier alpha value is -2.43. The zero-order valence-electron chi connectivity index (χ0n) is 10.9. The standard InChI is InChI=1S/C14H15N3O2/c1-3-17(11-6-4-10(2)5-7-11)13-9-15-8-12(16-13)14(18)19/h4-9H,3H2,1-2H3,(H,18,19). The van der Waals surface area contributed by atoms with Gasteiger partial charge in [-0.15, -0.1) is 0 Å². The third kappa shape index (κ3) is 2.88. The van der Waals surface area contributed by atoms with Crippen LogP contribution >= 0.6 is 0 Å². The number of carboxylic acids is 1. The minimum Gasteiger partial charge on any atom is -0.476 e. The number of carboxylic acid groups (broad SMARTS) is 1. The van der Waals surface area contributed by atoms with Crippen molar-refractivity contribution in [2.75, 3.05) is 11.4 Å². The van der Waals surface area contributed by atoms with E-state index in [4.69, 9.17) is 5.11 Å². The van der Waals surface area contributed by atoms with Crippen LogP contribution in [0.1, 0.15) is 23.0 Å². The second-order valence-electron chi connectivity index (χ2n) is 4.15. The van der Waals surface area contributed by atoms with Crippen molar-refractivity contribution in [3.8, 4) is 0 Å². The number of rotatable bonds is 4. The molecule has 19 heavy (non-hydrogen) atoms. The molecular weight excluding hydrogens is 242 g/mol. The van der Waals surface area contributed by atoms with Gasteiger partial charge in [0.15, 0.2) is 11.5 Å². The normalized spacial score (nSPS) is 10.2. The maximum absolute atomic E-state index is 10.9. The quantitative estimate of drug-likeness (QED) is 0.912. The van der Waals surface area contributed by atoms with Crippen LogP contribution in [0.4, 0.5) is 11.5 Å². The van der Waals surface area contributed by atoms with E-state index in [9.17, 15) is 4.79 Å². The first-order chi connectivity index (χ1) is 9.11. The Kier molecular flexibility index (Phi) is 3.75. The van der Waals surface area contributed by atoms with Crippen LogP contribution < -0.4 is 4.90 Å². The van der Waals surface area contributed by atoms with Gasteiger partial charge in [-0.25, -0.2) is 9.78 Å². The van der Waals surface area contributed by atoms with Crippen molar-refractivity contribution in [1.29, 1.82) is 0 Å². The van der Waals surface area contributed by atoms with Crippen LogP contribution in [-0.4, -0.2) is 27.6 Å². The third-order valence-corrected chi connectivity index (χ3v) is 2.78. The summed E-state index contributed by atoms with van der Waals surface area (Å²) < 4.78 is 0. The summed E-state index contributed by atoms with van der Waals surface area (Å²) in [6.07, 6.45) is 2.81. The molecule has 1 heterocycles. The number of aromatic nitrogens is 2. The van der Waals surface area contributed by atoms with Crippen LogP contribution in [0.2, 0.25) is 0 Å². The summed E-state index contributed by atoms with van der Waals surface area (Å²) in [6, 6.07) is 7.97. The van der Waals surface area contributed by atoms with Gasteiger partial charge in [0.2, 0.25) is 0 Å². The Bertz CT molecular complexity index is 581. The predicted octanol–water partition coefficient (Wildman–Crippen LogP) is 2.64. The third-order valence-electron chi connectivity index (χ3n) is 2.78. The Morgan fingerprint density at radius 3 is 2.53 bits per heavy atom. The van der Waals surface area contributed by atoms with Gasteiger partial charge in [0, 0.05) is 12.2 Å². The first kappa shape index (κ1) is 13.0. The number of anilines is 2. The zero-order chi connectivity index (χ0) is 13.8. The van der Waals surface area contributed by atoms with Crippen molar-refractivity contribution in [2.24, 2.45) is 0 Å². The first-order valence-corrected chi connectivity index (χ1v) is 6.01. The molecule has 2 aromatic rings. The molecule has 0 atom stereocenters. The van der Waals surface area contributed by atoms with Gasteiger partial charge in [-0.3, -0.25) is 4.98 Å². The van der Waals surface area contributed by atoms with Gasteiger partial charge in [0.1, 0.15) is 0 Å². The highest BCUT2D eigenvalue weighted by molar-refractivity contribution is 5.85. The van der Waals surface area contributed by atoms with Crippen molar-refractivity contribution in [3.05, 3.63) is 47.9 Å². The van der Waals surface area contributed by atoms with Crippen molar-refractivity contribution >= 4 is 17.5 Å². The number of nitrogens with zero attached hydrogens (tertiary/aromatic N) is 3. The second-order valence-corrected chi connectivity index (χ2v) is 4.15. The highest BCUT2D eigenvalue weighted by atomic mass is 16.4. The summed E-state index contributed by atoms with van der Waals surface area (Å²) in [5, 5.41) is 8.95. The summed E-state index contributed by atoms with van der Waals surface area (Å²) in [7, 11) is 0. The fourth-order valence-electron chi connectivity index (χ4n) is 1.79. The average molecular weight is 257 g/mol. The van der Waals surface area contributed by atoms with Gasteiger partial charge in [0.25, 0.3) is 0 Å². The molecule has 0 unspecified atom stereocenters. The van der Waals surface area contributed by atoms with Crippen LogP contribution in [-0.2, 0) is 0 Å². The minimum atomic E-state index is -1.07. The molecule has 0 aliphatic rings. The molecule has 1 aromatic heterocycles. The number of carbonyl (C=O) groups is 1. The van der Waals surface area contributed by atoms with E-state index < -0.39 is 5.97 Å². The van der Waals surface area contributed by atoms with E-state index in [0.29, 0.717) is 12.4 Å². The van der Waals surface area contributed by atoms with E-state index in [2.05, 4.69) is 9.97 Å². The van der Waals surface area contributed by atoms with Crippen LogP contribution in [0.5, 0.6) is 0 Å². The first-order valence-electron chi connectivity index (χ1n) is 6.01. The lowest BCUT2D eigenvalue weighted by atomic mass is 10.2. The molecule has 0 fully saturated rings. The highest BCUT2D eigenvalue weighted by Gasteiger charge is 2.12. The van der Waals surface area contributed by atoms with E-state index >= 15 is 0 Å². The van der Waals surface area contributed by atoms with E-state index in [1.165, 1.54) is 11.8 Å². The smallest absolute Gasteiger partial charge is 0.356 e. The van der Waals surface area contributed by atoms with Crippen molar-refractivity contribution < 1.29 is 9.90 Å². The molecule has 0 radical (unpaired) electrons. The fraction of sp³-hybridized carbons (Fsp3) is 0.214. The van der Waals surface area contributed by atoms with Crippen LogP contribution in [0, 0.1) is 6.92 Å².